The van der Waals surface area contributed by atoms with Crippen LogP contribution in [0, 0.1) is 12.1 Å². The summed E-state index contributed by atoms with van der Waals surface area (Å²) < 4.78 is 0. The minimum absolute atomic E-state index is 0. The van der Waals surface area contributed by atoms with Gasteiger partial charge >= 0.3 is 0 Å². The quantitative estimate of drug-likeness (QED) is 0.116. The van der Waals surface area contributed by atoms with E-state index in [9.17, 15) is 0 Å². The summed E-state index contributed by atoms with van der Waals surface area (Å²) in [5.74, 6) is 0. The van der Waals surface area contributed by atoms with Crippen LogP contribution >= 0.6 is 0 Å². The molecule has 0 spiro atoms. The van der Waals surface area contributed by atoms with Crippen LogP contribution in [0.5, 0.6) is 0 Å². The Morgan fingerprint density at radius 1 is 0.477 bits per heavy atom. The molecule has 44 heavy (non-hydrogen) atoms. The molecule has 2 aromatic heterocycles. The first kappa shape index (κ1) is 28.1. The molecule has 211 valence electrons. The van der Waals surface area contributed by atoms with Crippen molar-refractivity contribution in [1.29, 1.82) is 0 Å². The van der Waals surface area contributed by atoms with Crippen LogP contribution < -0.4 is 20.7 Å². The molecule has 0 fully saturated rings. The molecule has 0 unspecified atom stereocenters. The number of fused-ring (bicyclic) bond motifs is 3. The Morgan fingerprint density at radius 3 is 1.86 bits per heavy atom. The number of pyridine rings is 2. The van der Waals surface area contributed by atoms with Crippen molar-refractivity contribution in [2.75, 3.05) is 0 Å². The number of rotatable bonds is 3. The Kier molecular flexibility index (Phi) is 7.49. The molecule has 6 aromatic carbocycles. The van der Waals surface area contributed by atoms with Gasteiger partial charge in [-0.15, -0.1) is 64.7 Å². The van der Waals surface area contributed by atoms with E-state index in [1.807, 2.05) is 54.7 Å². The van der Waals surface area contributed by atoms with Gasteiger partial charge in [-0.1, -0.05) is 108 Å². The first-order valence-corrected chi connectivity index (χ1v) is 16.5. The number of benzene rings is 6. The summed E-state index contributed by atoms with van der Waals surface area (Å²) in [6.07, 6.45) is 3.69. The van der Waals surface area contributed by atoms with Crippen LogP contribution in [-0.2, 0) is 20.1 Å². The van der Waals surface area contributed by atoms with Crippen molar-refractivity contribution in [3.63, 3.8) is 0 Å². The third-order valence-electron chi connectivity index (χ3n) is 8.52. The zero-order valence-corrected chi connectivity index (χ0v) is 27.1. The summed E-state index contributed by atoms with van der Waals surface area (Å²) in [6.45, 7) is 0. The van der Waals surface area contributed by atoms with Crippen LogP contribution in [0.25, 0.3) is 43.7 Å². The first-order valence-electron chi connectivity index (χ1n) is 14.5. The summed E-state index contributed by atoms with van der Waals surface area (Å²) in [7, 11) is -2.44. The summed E-state index contributed by atoms with van der Waals surface area (Å²) in [4.78, 5) is 9.02. The minimum Gasteiger partial charge on any atom is -0.305 e. The summed E-state index contributed by atoms with van der Waals surface area (Å²) in [5.41, 5.74) is 3.06. The van der Waals surface area contributed by atoms with E-state index < -0.39 is 8.07 Å². The Hall–Kier alpha value is -4.73. The van der Waals surface area contributed by atoms with Gasteiger partial charge in [0.15, 0.2) is 8.07 Å². The molecule has 0 bridgehead atoms. The molecule has 0 saturated heterocycles. The molecule has 1 aliphatic heterocycles. The van der Waals surface area contributed by atoms with Crippen LogP contribution in [0.3, 0.4) is 0 Å². The summed E-state index contributed by atoms with van der Waals surface area (Å²) in [6, 6.07) is 58.2. The Morgan fingerprint density at radius 2 is 1.16 bits per heavy atom. The molecule has 0 amide bonds. The van der Waals surface area contributed by atoms with Gasteiger partial charge in [0.2, 0.25) is 0 Å². The summed E-state index contributed by atoms with van der Waals surface area (Å²) >= 11 is 0. The SMILES string of the molecule is [Ir].[c-]1ccc2c3c1c1ncccc1c1cccc(c13)[Si]2(c1ccccc1)c1ccccc1.[c-]1ccccc1-c1ccccn1. The third kappa shape index (κ3) is 4.34. The molecule has 0 N–H and O–H groups in total. The van der Waals surface area contributed by atoms with Crippen LogP contribution in [0.4, 0.5) is 0 Å². The van der Waals surface area contributed by atoms with Gasteiger partial charge in [-0.05, 0) is 49.7 Å². The fourth-order valence-electron chi connectivity index (χ4n) is 6.82. The average molecular weight is 755 g/mol. The van der Waals surface area contributed by atoms with Crippen LogP contribution in [-0.4, -0.2) is 18.0 Å². The van der Waals surface area contributed by atoms with E-state index in [0.717, 1.165) is 22.2 Å². The van der Waals surface area contributed by atoms with Gasteiger partial charge in [0.1, 0.15) is 0 Å². The molecule has 0 aliphatic carbocycles. The zero-order valence-electron chi connectivity index (χ0n) is 23.7. The molecule has 0 saturated carbocycles. The van der Waals surface area contributed by atoms with Gasteiger partial charge in [-0.2, -0.15) is 0 Å². The van der Waals surface area contributed by atoms with Gasteiger partial charge in [0, 0.05) is 32.5 Å². The van der Waals surface area contributed by atoms with E-state index in [4.69, 9.17) is 4.98 Å². The monoisotopic (exact) mass is 755 g/mol. The largest absolute Gasteiger partial charge is 0.305 e. The molecular formula is C40H26IrN2Si-2. The van der Waals surface area contributed by atoms with Crippen molar-refractivity contribution in [3.05, 3.63) is 170 Å². The second-order valence-electron chi connectivity index (χ2n) is 10.7. The van der Waals surface area contributed by atoms with Crippen LogP contribution in [0.2, 0.25) is 0 Å². The maximum Gasteiger partial charge on any atom is 0.161 e. The molecular weight excluding hydrogens is 729 g/mol. The van der Waals surface area contributed by atoms with E-state index >= 15 is 0 Å². The first-order chi connectivity index (χ1) is 21.4. The van der Waals surface area contributed by atoms with Crippen molar-refractivity contribution in [2.24, 2.45) is 0 Å². The number of nitrogens with zero attached hydrogens (tertiary/aromatic N) is 2. The maximum atomic E-state index is 4.80. The number of aromatic nitrogens is 2. The van der Waals surface area contributed by atoms with Crippen molar-refractivity contribution >= 4 is 61.3 Å². The summed E-state index contributed by atoms with van der Waals surface area (Å²) in [5, 5.41) is 12.2. The van der Waals surface area contributed by atoms with Crippen molar-refractivity contribution < 1.29 is 20.1 Å². The zero-order chi connectivity index (χ0) is 28.6. The fraction of sp³-hybridized carbons (Fsp3) is 0. The van der Waals surface area contributed by atoms with E-state index in [-0.39, 0.29) is 20.1 Å². The predicted molar refractivity (Wildman–Crippen MR) is 181 cm³/mol. The van der Waals surface area contributed by atoms with Crippen LogP contribution in [0.1, 0.15) is 0 Å². The molecule has 9 rings (SSSR count). The maximum absolute atomic E-state index is 4.80. The van der Waals surface area contributed by atoms with E-state index in [1.54, 1.807) is 6.20 Å². The molecule has 1 radical (unpaired) electrons. The van der Waals surface area contributed by atoms with Crippen LogP contribution in [0.15, 0.2) is 158 Å². The van der Waals surface area contributed by atoms with E-state index in [0.29, 0.717) is 0 Å². The van der Waals surface area contributed by atoms with Crippen molar-refractivity contribution in [3.8, 4) is 11.3 Å². The predicted octanol–water partition coefficient (Wildman–Crippen LogP) is 6.58. The smallest absolute Gasteiger partial charge is 0.161 e. The Balaban J connectivity index is 0.000000203. The van der Waals surface area contributed by atoms with Gasteiger partial charge in [-0.25, -0.2) is 0 Å². The second kappa shape index (κ2) is 11.7. The second-order valence-corrected chi connectivity index (χ2v) is 14.5. The molecule has 0 atom stereocenters. The number of hydrogen-bond donors (Lipinski definition) is 0. The molecule has 4 heteroatoms. The minimum atomic E-state index is -2.44. The Labute approximate surface area is 271 Å². The average Bonchev–Trinajstić information content (AvgIpc) is 3.42. The van der Waals surface area contributed by atoms with Crippen molar-refractivity contribution in [1.82, 2.24) is 9.97 Å². The molecule has 2 nitrogen and oxygen atoms in total. The van der Waals surface area contributed by atoms with Gasteiger partial charge in [0.05, 0.1) is 0 Å². The molecule has 3 heterocycles. The Bertz CT molecular complexity index is 2060. The van der Waals surface area contributed by atoms with Gasteiger partial charge in [-0.3, -0.25) is 0 Å². The fourth-order valence-corrected chi connectivity index (χ4v) is 12.0. The number of hydrogen-bond acceptors (Lipinski definition) is 2. The van der Waals surface area contributed by atoms with Gasteiger partial charge in [0.25, 0.3) is 0 Å². The van der Waals surface area contributed by atoms with Gasteiger partial charge < -0.3 is 9.97 Å². The van der Waals surface area contributed by atoms with Crippen molar-refractivity contribution in [2.45, 2.75) is 0 Å². The van der Waals surface area contributed by atoms with E-state index in [2.05, 4.69) is 114 Å². The topological polar surface area (TPSA) is 25.8 Å². The molecule has 8 aromatic rings. The third-order valence-corrected chi connectivity index (χ3v) is 13.4. The standard InChI is InChI=1S/C29H18NSi.C11H8N.Ir/c1-3-10-20(11-4-1)31(21-12-5-2-6-13-21)25-17-7-14-22-23-16-9-19-30-29(23)24-15-8-18-26(31)28(24)27(22)25;1-2-6-10(7-3-1)11-8-4-5-9-12-11;/h1-14,16-19H;1-6,8-9H;/q2*-1;. The molecule has 1 aliphatic rings. The normalized spacial score (nSPS) is 12.5. The van der Waals surface area contributed by atoms with E-state index in [1.165, 1.54) is 42.3 Å².